The lowest BCUT2D eigenvalue weighted by atomic mass is 9.82. The number of para-hydroxylation sites is 1. The van der Waals surface area contributed by atoms with Crippen molar-refractivity contribution >= 4 is 10.9 Å². The van der Waals surface area contributed by atoms with E-state index >= 15 is 0 Å². The quantitative estimate of drug-likeness (QED) is 0.457. The van der Waals surface area contributed by atoms with E-state index in [4.69, 9.17) is 4.74 Å². The van der Waals surface area contributed by atoms with Crippen LogP contribution in [-0.2, 0) is 16.9 Å². The van der Waals surface area contributed by atoms with Gasteiger partial charge in [-0.1, -0.05) is 64.2 Å². The Morgan fingerprint density at radius 1 is 1.00 bits per heavy atom. The van der Waals surface area contributed by atoms with Crippen LogP contribution in [-0.4, -0.2) is 11.2 Å². The third kappa shape index (κ3) is 4.11. The van der Waals surface area contributed by atoms with E-state index in [9.17, 15) is 0 Å². The minimum atomic E-state index is -0.0525. The van der Waals surface area contributed by atoms with Crippen LogP contribution < -0.4 is 0 Å². The lowest BCUT2D eigenvalue weighted by molar-refractivity contribution is -0.0899. The van der Waals surface area contributed by atoms with E-state index in [1.165, 1.54) is 80.7 Å². The third-order valence-electron chi connectivity index (χ3n) is 5.82. The Morgan fingerprint density at radius 3 is 2.60 bits per heavy atom. The summed E-state index contributed by atoms with van der Waals surface area (Å²) in [7, 11) is 0. The molecule has 0 radical (unpaired) electrons. The summed E-state index contributed by atoms with van der Waals surface area (Å²) in [5.74, 6) is 0. The van der Waals surface area contributed by atoms with E-state index in [-0.39, 0.29) is 5.60 Å². The highest BCUT2D eigenvalue weighted by molar-refractivity contribution is 5.85. The molecule has 2 aromatic rings. The first-order valence-electron chi connectivity index (χ1n) is 10.5. The fourth-order valence-electron chi connectivity index (χ4n) is 4.36. The molecule has 138 valence electrons. The van der Waals surface area contributed by atoms with E-state index < -0.39 is 0 Å². The number of aromatic nitrogens is 1. The van der Waals surface area contributed by atoms with E-state index in [2.05, 4.69) is 48.9 Å². The number of ether oxygens (including phenoxy) is 1. The largest absolute Gasteiger partial charge is 0.370 e. The predicted molar refractivity (Wildman–Crippen MR) is 107 cm³/mol. The Balaban J connectivity index is 1.94. The zero-order valence-corrected chi connectivity index (χ0v) is 16.2. The molecule has 1 aliphatic rings. The van der Waals surface area contributed by atoms with Crippen LogP contribution in [0.25, 0.3) is 10.9 Å². The molecule has 1 aliphatic heterocycles. The highest BCUT2D eigenvalue weighted by atomic mass is 16.5. The van der Waals surface area contributed by atoms with Crippen LogP contribution in [0.2, 0.25) is 0 Å². The molecular formula is C23H35NO. The van der Waals surface area contributed by atoms with Gasteiger partial charge in [0.1, 0.15) is 0 Å². The third-order valence-corrected chi connectivity index (χ3v) is 5.82. The van der Waals surface area contributed by atoms with Crippen molar-refractivity contribution < 1.29 is 4.74 Å². The summed E-state index contributed by atoms with van der Waals surface area (Å²) >= 11 is 0. The molecule has 0 saturated carbocycles. The van der Waals surface area contributed by atoms with Crippen molar-refractivity contribution in [2.75, 3.05) is 6.61 Å². The SMILES string of the molecule is CCCCCCC1(c2cn(CCCC)c3ccccc23)CCCCO1. The van der Waals surface area contributed by atoms with Crippen molar-refractivity contribution in [3.05, 3.63) is 36.0 Å². The molecule has 2 heterocycles. The number of hydrogen-bond donors (Lipinski definition) is 0. The number of fused-ring (bicyclic) bond motifs is 1. The van der Waals surface area contributed by atoms with Gasteiger partial charge in [-0.15, -0.1) is 0 Å². The Kier molecular flexibility index (Phi) is 6.58. The van der Waals surface area contributed by atoms with Gasteiger partial charge in [-0.25, -0.2) is 0 Å². The summed E-state index contributed by atoms with van der Waals surface area (Å²) in [5.41, 5.74) is 2.78. The van der Waals surface area contributed by atoms with E-state index in [1.54, 1.807) is 0 Å². The molecule has 1 saturated heterocycles. The highest BCUT2D eigenvalue weighted by Crippen LogP contribution is 2.43. The molecule has 0 aliphatic carbocycles. The average molecular weight is 342 g/mol. The fraction of sp³-hybridized carbons (Fsp3) is 0.652. The summed E-state index contributed by atoms with van der Waals surface area (Å²) in [6, 6.07) is 8.94. The van der Waals surface area contributed by atoms with Crippen LogP contribution in [0.5, 0.6) is 0 Å². The minimum absolute atomic E-state index is 0.0525. The topological polar surface area (TPSA) is 14.2 Å². The zero-order chi connectivity index (χ0) is 17.5. The molecule has 3 rings (SSSR count). The van der Waals surface area contributed by atoms with Gasteiger partial charge in [0, 0.05) is 35.8 Å². The van der Waals surface area contributed by atoms with Crippen molar-refractivity contribution in [2.45, 2.75) is 90.2 Å². The standard InChI is InChI=1S/C23H35NO/c1-3-5-7-10-15-23(16-11-12-18-25-23)21-19-24(17-6-4-2)22-14-9-8-13-20(21)22/h8-9,13-14,19H,3-7,10-12,15-18H2,1-2H3. The second-order valence-corrected chi connectivity index (χ2v) is 7.72. The summed E-state index contributed by atoms with van der Waals surface area (Å²) in [5, 5.41) is 1.41. The molecule has 1 fully saturated rings. The highest BCUT2D eigenvalue weighted by Gasteiger charge is 2.37. The molecule has 0 bridgehead atoms. The molecule has 0 N–H and O–H groups in total. The summed E-state index contributed by atoms with van der Waals surface area (Å²) in [6.07, 6.45) is 15.0. The average Bonchev–Trinajstić information content (AvgIpc) is 3.04. The Hall–Kier alpha value is -1.28. The molecular weight excluding hydrogens is 306 g/mol. The number of hydrogen-bond acceptors (Lipinski definition) is 1. The number of rotatable bonds is 9. The Bertz CT molecular complexity index is 651. The second-order valence-electron chi connectivity index (χ2n) is 7.72. The van der Waals surface area contributed by atoms with Gasteiger partial charge >= 0.3 is 0 Å². The van der Waals surface area contributed by atoms with E-state index in [1.807, 2.05) is 0 Å². The van der Waals surface area contributed by atoms with Crippen LogP contribution in [0.1, 0.15) is 83.6 Å². The fourth-order valence-corrected chi connectivity index (χ4v) is 4.36. The number of nitrogens with zero attached hydrogens (tertiary/aromatic N) is 1. The summed E-state index contributed by atoms with van der Waals surface area (Å²) in [6.45, 7) is 6.59. The van der Waals surface area contributed by atoms with Crippen LogP contribution in [0.4, 0.5) is 0 Å². The maximum absolute atomic E-state index is 6.54. The van der Waals surface area contributed by atoms with Gasteiger partial charge in [0.15, 0.2) is 0 Å². The number of aryl methyl sites for hydroxylation is 1. The maximum Gasteiger partial charge on any atom is 0.0951 e. The van der Waals surface area contributed by atoms with Gasteiger partial charge in [-0.05, 0) is 38.2 Å². The van der Waals surface area contributed by atoms with Crippen molar-refractivity contribution in [3.63, 3.8) is 0 Å². The lowest BCUT2D eigenvalue weighted by Crippen LogP contribution is -2.33. The molecule has 1 aromatic carbocycles. The van der Waals surface area contributed by atoms with Crippen molar-refractivity contribution in [3.8, 4) is 0 Å². The Morgan fingerprint density at radius 2 is 1.84 bits per heavy atom. The first kappa shape index (κ1) is 18.5. The van der Waals surface area contributed by atoms with Crippen LogP contribution in [0.3, 0.4) is 0 Å². The smallest absolute Gasteiger partial charge is 0.0951 e. The second kappa shape index (κ2) is 8.89. The van der Waals surface area contributed by atoms with Crippen LogP contribution >= 0.6 is 0 Å². The monoisotopic (exact) mass is 341 g/mol. The van der Waals surface area contributed by atoms with Gasteiger partial charge < -0.3 is 9.30 Å². The lowest BCUT2D eigenvalue weighted by Gasteiger charge is -2.38. The molecule has 1 aromatic heterocycles. The molecule has 25 heavy (non-hydrogen) atoms. The molecule has 2 nitrogen and oxygen atoms in total. The normalized spacial score (nSPS) is 21.0. The minimum Gasteiger partial charge on any atom is -0.370 e. The van der Waals surface area contributed by atoms with Crippen molar-refractivity contribution in [2.24, 2.45) is 0 Å². The first-order valence-corrected chi connectivity index (χ1v) is 10.5. The number of unbranched alkanes of at least 4 members (excludes halogenated alkanes) is 4. The van der Waals surface area contributed by atoms with Gasteiger partial charge in [0.05, 0.1) is 5.60 Å². The van der Waals surface area contributed by atoms with Gasteiger partial charge in [0.2, 0.25) is 0 Å². The maximum atomic E-state index is 6.54. The first-order chi connectivity index (χ1) is 12.3. The Labute approximate surface area is 153 Å². The molecule has 1 atom stereocenters. The van der Waals surface area contributed by atoms with Gasteiger partial charge in [-0.2, -0.15) is 0 Å². The van der Waals surface area contributed by atoms with Crippen molar-refractivity contribution in [1.82, 2.24) is 4.57 Å². The van der Waals surface area contributed by atoms with Gasteiger partial charge in [0.25, 0.3) is 0 Å². The summed E-state index contributed by atoms with van der Waals surface area (Å²) in [4.78, 5) is 0. The zero-order valence-electron chi connectivity index (χ0n) is 16.2. The molecule has 1 unspecified atom stereocenters. The van der Waals surface area contributed by atoms with E-state index in [0.29, 0.717) is 0 Å². The summed E-state index contributed by atoms with van der Waals surface area (Å²) < 4.78 is 9.02. The van der Waals surface area contributed by atoms with E-state index in [0.717, 1.165) is 13.2 Å². The number of benzene rings is 1. The molecule has 0 amide bonds. The van der Waals surface area contributed by atoms with Gasteiger partial charge in [-0.3, -0.25) is 0 Å². The molecule has 2 heteroatoms. The van der Waals surface area contributed by atoms with Crippen LogP contribution in [0, 0.1) is 0 Å². The molecule has 0 spiro atoms. The van der Waals surface area contributed by atoms with Crippen molar-refractivity contribution in [1.29, 1.82) is 0 Å². The van der Waals surface area contributed by atoms with Crippen LogP contribution in [0.15, 0.2) is 30.5 Å². The predicted octanol–water partition coefficient (Wildman–Crippen LogP) is 6.81.